The molecule has 1 aliphatic heterocycles. The lowest BCUT2D eigenvalue weighted by atomic mass is 9.89. The number of rotatable bonds is 5. The van der Waals surface area contributed by atoms with E-state index in [0.717, 1.165) is 41.9 Å². The van der Waals surface area contributed by atoms with Crippen LogP contribution in [0.4, 0.5) is 0 Å². The highest BCUT2D eigenvalue weighted by Gasteiger charge is 2.38. The Morgan fingerprint density at radius 1 is 1.03 bits per heavy atom. The predicted molar refractivity (Wildman–Crippen MR) is 136 cm³/mol. The van der Waals surface area contributed by atoms with Gasteiger partial charge in [0.2, 0.25) is 5.89 Å². The average molecular weight is 470 g/mol. The van der Waals surface area contributed by atoms with E-state index < -0.39 is 0 Å². The summed E-state index contributed by atoms with van der Waals surface area (Å²) in [7, 11) is 0. The van der Waals surface area contributed by atoms with Gasteiger partial charge in [0.15, 0.2) is 5.58 Å². The van der Waals surface area contributed by atoms with Crippen LogP contribution in [0.15, 0.2) is 65.1 Å². The van der Waals surface area contributed by atoms with Gasteiger partial charge >= 0.3 is 0 Å². The fourth-order valence-electron chi connectivity index (χ4n) is 5.90. The lowest BCUT2D eigenvalue weighted by molar-refractivity contribution is 0.0934. The first-order chi connectivity index (χ1) is 17.2. The summed E-state index contributed by atoms with van der Waals surface area (Å²) < 4.78 is 6.17. The quantitative estimate of drug-likeness (QED) is 0.385. The molecule has 2 N–H and O–H groups in total. The first-order valence-corrected chi connectivity index (χ1v) is 12.8. The van der Waals surface area contributed by atoms with Crippen LogP contribution in [0.25, 0.3) is 21.9 Å². The molecule has 6 heteroatoms. The fourth-order valence-corrected chi connectivity index (χ4v) is 5.90. The molecule has 6 rings (SSSR count). The van der Waals surface area contributed by atoms with Crippen LogP contribution in [0.1, 0.15) is 60.8 Å². The molecule has 0 bridgehead atoms. The van der Waals surface area contributed by atoms with Crippen LogP contribution in [-0.2, 0) is 0 Å². The van der Waals surface area contributed by atoms with E-state index in [-0.39, 0.29) is 23.7 Å². The molecular formula is C29H31N3O3. The number of fused-ring (bicyclic) bond motifs is 2. The summed E-state index contributed by atoms with van der Waals surface area (Å²) in [6.07, 6.45) is 7.19. The third-order valence-corrected chi connectivity index (χ3v) is 7.70. The summed E-state index contributed by atoms with van der Waals surface area (Å²) in [5.74, 6) is 1.20. The normalized spacial score (nSPS) is 21.6. The molecule has 0 radical (unpaired) electrons. The highest BCUT2D eigenvalue weighted by molar-refractivity contribution is 6.03. The van der Waals surface area contributed by atoms with Crippen molar-refractivity contribution in [2.45, 2.75) is 50.6 Å². The van der Waals surface area contributed by atoms with E-state index in [0.29, 0.717) is 16.9 Å². The Bertz CT molecular complexity index is 1320. The maximum atomic E-state index is 13.2. The second-order valence-corrected chi connectivity index (χ2v) is 10.1. The third-order valence-electron chi connectivity index (χ3n) is 7.70. The largest absolute Gasteiger partial charge is 0.506 e. The molecule has 1 aromatic heterocycles. The second kappa shape index (κ2) is 9.34. The van der Waals surface area contributed by atoms with E-state index in [1.807, 2.05) is 54.6 Å². The lowest BCUT2D eigenvalue weighted by Gasteiger charge is -2.29. The number of aromatic hydroxyl groups is 1. The van der Waals surface area contributed by atoms with Gasteiger partial charge in [-0.2, -0.15) is 0 Å². The molecule has 35 heavy (non-hydrogen) atoms. The number of carbonyl (C=O) groups is 1. The van der Waals surface area contributed by atoms with E-state index in [4.69, 9.17) is 9.40 Å². The summed E-state index contributed by atoms with van der Waals surface area (Å²) in [4.78, 5) is 20.5. The Morgan fingerprint density at radius 3 is 2.69 bits per heavy atom. The molecule has 1 saturated carbocycles. The summed E-state index contributed by atoms with van der Waals surface area (Å²) in [5.41, 5.74) is 1.98. The van der Waals surface area contributed by atoms with Crippen molar-refractivity contribution in [3.63, 3.8) is 0 Å². The molecule has 6 nitrogen and oxygen atoms in total. The summed E-state index contributed by atoms with van der Waals surface area (Å²) >= 11 is 0. The van der Waals surface area contributed by atoms with Crippen molar-refractivity contribution in [1.29, 1.82) is 0 Å². The van der Waals surface area contributed by atoms with Crippen molar-refractivity contribution in [2.75, 3.05) is 13.1 Å². The van der Waals surface area contributed by atoms with Crippen LogP contribution in [0, 0.1) is 5.92 Å². The molecule has 1 aliphatic carbocycles. The number of nitrogens with zero attached hydrogens (tertiary/aromatic N) is 2. The molecule has 1 saturated heterocycles. The molecular weight excluding hydrogens is 438 g/mol. The van der Waals surface area contributed by atoms with Crippen molar-refractivity contribution in [3.05, 3.63) is 72.1 Å². The van der Waals surface area contributed by atoms with Gasteiger partial charge in [0.25, 0.3) is 5.91 Å². The minimum absolute atomic E-state index is 0.0276. The van der Waals surface area contributed by atoms with Crippen LogP contribution < -0.4 is 5.32 Å². The van der Waals surface area contributed by atoms with Crippen molar-refractivity contribution in [1.82, 2.24) is 15.2 Å². The van der Waals surface area contributed by atoms with E-state index >= 15 is 0 Å². The number of para-hydroxylation sites is 2. The smallest absolute Gasteiger partial charge is 0.255 e. The number of carbonyl (C=O) groups excluding carboxylic acids is 1. The third kappa shape index (κ3) is 4.39. The number of amides is 1. The lowest BCUT2D eigenvalue weighted by Crippen LogP contribution is -2.38. The molecule has 1 amide bonds. The van der Waals surface area contributed by atoms with Gasteiger partial charge < -0.3 is 14.8 Å². The Balaban J connectivity index is 1.24. The molecule has 0 spiro atoms. The average Bonchev–Trinajstić information content (AvgIpc) is 3.48. The molecule has 180 valence electrons. The van der Waals surface area contributed by atoms with Crippen molar-refractivity contribution in [3.8, 4) is 5.75 Å². The first kappa shape index (κ1) is 22.1. The van der Waals surface area contributed by atoms with E-state index in [1.54, 1.807) is 6.07 Å². The standard InChI is InChI=1S/C29H31N3O3/c33-27-22-11-5-4-10-20(22)14-15-23(27)28(34)30-21-16-25(29-31-24-12-6-7-13-26(24)35-29)32(18-21)17-19-8-2-1-3-9-19/h4-7,10-15,19,21,25,33H,1-3,8-9,16-18H2,(H,30,34)/t21-,25-/m0/s1. The highest BCUT2D eigenvalue weighted by Crippen LogP contribution is 2.36. The Hall–Kier alpha value is -3.38. The van der Waals surface area contributed by atoms with Crippen LogP contribution in [0.5, 0.6) is 5.75 Å². The topological polar surface area (TPSA) is 78.6 Å². The number of hydrogen-bond donors (Lipinski definition) is 2. The van der Waals surface area contributed by atoms with Gasteiger partial charge in [0.1, 0.15) is 11.3 Å². The molecule has 2 atom stereocenters. The Morgan fingerprint density at radius 2 is 1.83 bits per heavy atom. The molecule has 2 fully saturated rings. The monoisotopic (exact) mass is 469 g/mol. The van der Waals surface area contributed by atoms with Crippen LogP contribution in [0.2, 0.25) is 0 Å². The van der Waals surface area contributed by atoms with Crippen molar-refractivity contribution in [2.24, 2.45) is 5.92 Å². The molecule has 4 aromatic rings. The van der Waals surface area contributed by atoms with Gasteiger partial charge in [0.05, 0.1) is 11.6 Å². The van der Waals surface area contributed by atoms with E-state index in [1.165, 1.54) is 32.1 Å². The summed E-state index contributed by atoms with van der Waals surface area (Å²) in [6, 6.07) is 19.0. The van der Waals surface area contributed by atoms with Crippen LogP contribution in [0.3, 0.4) is 0 Å². The number of likely N-dealkylation sites (tertiary alicyclic amines) is 1. The van der Waals surface area contributed by atoms with Gasteiger partial charge in [-0.25, -0.2) is 4.98 Å². The first-order valence-electron chi connectivity index (χ1n) is 12.8. The van der Waals surface area contributed by atoms with Gasteiger partial charge in [-0.1, -0.05) is 61.7 Å². The number of oxazole rings is 1. The van der Waals surface area contributed by atoms with Gasteiger partial charge in [-0.15, -0.1) is 0 Å². The predicted octanol–water partition coefficient (Wildman–Crippen LogP) is 5.81. The van der Waals surface area contributed by atoms with Crippen molar-refractivity contribution >= 4 is 27.8 Å². The van der Waals surface area contributed by atoms with E-state index in [2.05, 4.69) is 10.2 Å². The molecule has 3 aromatic carbocycles. The van der Waals surface area contributed by atoms with Crippen LogP contribution >= 0.6 is 0 Å². The number of benzene rings is 3. The summed E-state index contributed by atoms with van der Waals surface area (Å²) in [5, 5.41) is 15.6. The highest BCUT2D eigenvalue weighted by atomic mass is 16.3. The minimum Gasteiger partial charge on any atom is -0.506 e. The summed E-state index contributed by atoms with van der Waals surface area (Å²) in [6.45, 7) is 1.75. The van der Waals surface area contributed by atoms with Crippen molar-refractivity contribution < 1.29 is 14.3 Å². The minimum atomic E-state index is -0.242. The van der Waals surface area contributed by atoms with Gasteiger partial charge in [-0.3, -0.25) is 9.69 Å². The second-order valence-electron chi connectivity index (χ2n) is 10.1. The molecule has 0 unspecified atom stereocenters. The molecule has 2 heterocycles. The SMILES string of the molecule is O=C(N[C@H]1C[C@@H](c2nc3ccccc3o2)N(CC2CCCCC2)C1)c1ccc2ccccc2c1O. The number of hydrogen-bond acceptors (Lipinski definition) is 5. The van der Waals surface area contributed by atoms with Crippen LogP contribution in [-0.4, -0.2) is 40.0 Å². The number of aromatic nitrogens is 1. The number of phenols is 1. The fraction of sp³-hybridized carbons (Fsp3) is 0.379. The number of nitrogens with one attached hydrogen (secondary N) is 1. The zero-order valence-corrected chi connectivity index (χ0v) is 19.8. The van der Waals surface area contributed by atoms with Gasteiger partial charge in [0, 0.05) is 24.5 Å². The zero-order chi connectivity index (χ0) is 23.8. The maximum Gasteiger partial charge on any atom is 0.255 e. The van der Waals surface area contributed by atoms with Gasteiger partial charge in [-0.05, 0) is 48.8 Å². The Kier molecular flexibility index (Phi) is 5.90. The molecule has 2 aliphatic rings. The number of phenolic OH excluding ortho intramolecular Hbond substituents is 1. The zero-order valence-electron chi connectivity index (χ0n) is 19.8. The van der Waals surface area contributed by atoms with E-state index in [9.17, 15) is 9.90 Å². The maximum absolute atomic E-state index is 13.2. The Labute approximate surface area is 204 Å².